The molecular formula is C13H17N3OS. The van der Waals surface area contributed by atoms with Crippen molar-refractivity contribution in [2.45, 2.75) is 25.5 Å². The van der Waals surface area contributed by atoms with E-state index in [0.29, 0.717) is 11.7 Å². The van der Waals surface area contributed by atoms with E-state index in [2.05, 4.69) is 36.1 Å². The average molecular weight is 263 g/mol. The van der Waals surface area contributed by atoms with Crippen LogP contribution in [-0.2, 0) is 4.79 Å². The highest BCUT2D eigenvalue weighted by atomic mass is 32.2. The van der Waals surface area contributed by atoms with Crippen LogP contribution in [0.15, 0.2) is 24.3 Å². The minimum absolute atomic E-state index is 0.0334. The Bertz CT molecular complexity index is 524. The van der Waals surface area contributed by atoms with Gasteiger partial charge in [0.15, 0.2) is 0 Å². The fourth-order valence-corrected chi connectivity index (χ4v) is 2.10. The summed E-state index contributed by atoms with van der Waals surface area (Å²) in [4.78, 5) is 19.1. The Morgan fingerprint density at radius 1 is 1.39 bits per heavy atom. The molecule has 0 atom stereocenters. The van der Waals surface area contributed by atoms with Gasteiger partial charge < -0.3 is 4.98 Å². The summed E-state index contributed by atoms with van der Waals surface area (Å²) in [5, 5.41) is 2.78. The minimum Gasteiger partial charge on any atom is -0.324 e. The molecule has 1 aromatic carbocycles. The van der Waals surface area contributed by atoms with Gasteiger partial charge in [-0.05, 0) is 12.1 Å². The van der Waals surface area contributed by atoms with Crippen LogP contribution in [0.25, 0.3) is 11.0 Å². The van der Waals surface area contributed by atoms with E-state index in [0.717, 1.165) is 11.0 Å². The Hall–Kier alpha value is -1.49. The van der Waals surface area contributed by atoms with Gasteiger partial charge in [0.2, 0.25) is 11.9 Å². The van der Waals surface area contributed by atoms with E-state index < -0.39 is 0 Å². The van der Waals surface area contributed by atoms with Gasteiger partial charge in [-0.2, -0.15) is 0 Å². The number of anilines is 1. The van der Waals surface area contributed by atoms with Crippen LogP contribution < -0.4 is 5.32 Å². The van der Waals surface area contributed by atoms with Crippen molar-refractivity contribution < 1.29 is 4.79 Å². The van der Waals surface area contributed by atoms with Gasteiger partial charge in [-0.1, -0.05) is 32.9 Å². The number of fused-ring (bicyclic) bond motifs is 1. The normalized spacial score (nSPS) is 11.7. The molecule has 96 valence electrons. The van der Waals surface area contributed by atoms with Crippen molar-refractivity contribution in [3.8, 4) is 0 Å². The fraction of sp³-hybridized carbons (Fsp3) is 0.385. The maximum atomic E-state index is 11.7. The van der Waals surface area contributed by atoms with Gasteiger partial charge in [-0.3, -0.25) is 10.1 Å². The number of nitrogens with one attached hydrogen (secondary N) is 2. The quantitative estimate of drug-likeness (QED) is 0.895. The third kappa shape index (κ3) is 3.50. The minimum atomic E-state index is -0.0334. The van der Waals surface area contributed by atoms with Crippen molar-refractivity contribution in [1.82, 2.24) is 9.97 Å². The Balaban J connectivity index is 1.99. The number of hydrogen-bond acceptors (Lipinski definition) is 3. The van der Waals surface area contributed by atoms with Gasteiger partial charge in [-0.25, -0.2) is 4.98 Å². The first-order chi connectivity index (χ1) is 8.44. The molecule has 0 spiro atoms. The van der Waals surface area contributed by atoms with E-state index >= 15 is 0 Å². The zero-order valence-corrected chi connectivity index (χ0v) is 11.6. The highest BCUT2D eigenvalue weighted by molar-refractivity contribution is 8.01. The summed E-state index contributed by atoms with van der Waals surface area (Å²) in [5.41, 5.74) is 1.78. The van der Waals surface area contributed by atoms with Crippen molar-refractivity contribution in [3.63, 3.8) is 0 Å². The predicted octanol–water partition coefficient (Wildman–Crippen LogP) is 3.03. The SMILES string of the molecule is CC(C)(C)SCC(=O)Nc1nc2ccccc2[nH]1. The van der Waals surface area contributed by atoms with Crippen molar-refractivity contribution in [2.75, 3.05) is 11.1 Å². The maximum Gasteiger partial charge on any atom is 0.236 e. The van der Waals surface area contributed by atoms with Crippen molar-refractivity contribution in [3.05, 3.63) is 24.3 Å². The Kier molecular flexibility index (Phi) is 3.61. The number of thioether (sulfide) groups is 1. The first-order valence-electron chi connectivity index (χ1n) is 5.83. The van der Waals surface area contributed by atoms with E-state index in [1.807, 2.05) is 24.3 Å². The fourth-order valence-electron chi connectivity index (χ4n) is 1.46. The summed E-state index contributed by atoms with van der Waals surface area (Å²) in [6, 6.07) is 7.69. The van der Waals surface area contributed by atoms with Gasteiger partial charge in [0.05, 0.1) is 16.8 Å². The molecule has 0 aliphatic carbocycles. The lowest BCUT2D eigenvalue weighted by Gasteiger charge is -2.16. The standard InChI is InChI=1S/C13H17N3OS/c1-13(2,3)18-8-11(17)16-12-14-9-6-4-5-7-10(9)15-12/h4-7H,8H2,1-3H3,(H2,14,15,16,17). The number of rotatable bonds is 3. The summed E-state index contributed by atoms with van der Waals surface area (Å²) in [6.45, 7) is 6.27. The maximum absolute atomic E-state index is 11.7. The predicted molar refractivity (Wildman–Crippen MR) is 76.9 cm³/mol. The van der Waals surface area contributed by atoms with Crippen LogP contribution in [0.3, 0.4) is 0 Å². The number of aromatic amines is 1. The summed E-state index contributed by atoms with van der Waals surface area (Å²) < 4.78 is 0.0885. The highest BCUT2D eigenvalue weighted by Gasteiger charge is 2.14. The van der Waals surface area contributed by atoms with Crippen molar-refractivity contribution >= 4 is 34.7 Å². The third-order valence-electron chi connectivity index (χ3n) is 2.28. The second-order valence-corrected chi connectivity index (χ2v) is 6.85. The molecule has 4 nitrogen and oxygen atoms in total. The number of para-hydroxylation sites is 2. The molecule has 18 heavy (non-hydrogen) atoms. The Morgan fingerprint density at radius 2 is 2.11 bits per heavy atom. The second-order valence-electron chi connectivity index (χ2n) is 5.05. The number of imidazole rings is 1. The highest BCUT2D eigenvalue weighted by Crippen LogP contribution is 2.23. The topological polar surface area (TPSA) is 57.8 Å². The first-order valence-corrected chi connectivity index (χ1v) is 6.81. The van der Waals surface area contributed by atoms with Crippen LogP contribution in [0, 0.1) is 0 Å². The van der Waals surface area contributed by atoms with E-state index in [1.165, 1.54) is 0 Å². The molecule has 2 rings (SSSR count). The molecule has 1 amide bonds. The average Bonchev–Trinajstić information content (AvgIpc) is 2.67. The van der Waals surface area contributed by atoms with E-state index in [9.17, 15) is 4.79 Å². The molecule has 5 heteroatoms. The number of amides is 1. The number of H-pyrrole nitrogens is 1. The molecule has 2 N–H and O–H groups in total. The Labute approximate surface area is 111 Å². The molecule has 0 bridgehead atoms. The van der Waals surface area contributed by atoms with Gasteiger partial charge in [-0.15, -0.1) is 11.8 Å². The number of nitrogens with zero attached hydrogens (tertiary/aromatic N) is 1. The van der Waals surface area contributed by atoms with Gasteiger partial charge >= 0.3 is 0 Å². The van der Waals surface area contributed by atoms with Crippen LogP contribution in [0.1, 0.15) is 20.8 Å². The molecular weight excluding hydrogens is 246 g/mol. The molecule has 1 aromatic heterocycles. The van der Waals surface area contributed by atoms with E-state index in [1.54, 1.807) is 11.8 Å². The number of hydrogen-bond donors (Lipinski definition) is 2. The Morgan fingerprint density at radius 3 is 2.78 bits per heavy atom. The number of carbonyl (C=O) groups is 1. The van der Waals surface area contributed by atoms with Crippen LogP contribution >= 0.6 is 11.8 Å². The number of aromatic nitrogens is 2. The monoisotopic (exact) mass is 263 g/mol. The van der Waals surface area contributed by atoms with E-state index in [4.69, 9.17) is 0 Å². The van der Waals surface area contributed by atoms with Crippen LogP contribution in [0.5, 0.6) is 0 Å². The van der Waals surface area contributed by atoms with Gasteiger partial charge in [0, 0.05) is 4.75 Å². The molecule has 0 fully saturated rings. The molecule has 0 unspecified atom stereocenters. The molecule has 0 saturated heterocycles. The zero-order valence-electron chi connectivity index (χ0n) is 10.8. The van der Waals surface area contributed by atoms with Crippen molar-refractivity contribution in [2.24, 2.45) is 0 Å². The van der Waals surface area contributed by atoms with Crippen molar-refractivity contribution in [1.29, 1.82) is 0 Å². The summed E-state index contributed by atoms with van der Waals surface area (Å²) >= 11 is 1.61. The lowest BCUT2D eigenvalue weighted by molar-refractivity contribution is -0.113. The molecule has 0 radical (unpaired) electrons. The van der Waals surface area contributed by atoms with Crippen LogP contribution in [-0.4, -0.2) is 26.4 Å². The second kappa shape index (κ2) is 5.02. The summed E-state index contributed by atoms with van der Waals surface area (Å²) in [7, 11) is 0. The summed E-state index contributed by atoms with van der Waals surface area (Å²) in [6.07, 6.45) is 0. The third-order valence-corrected chi connectivity index (χ3v) is 3.56. The molecule has 0 aliphatic rings. The van der Waals surface area contributed by atoms with E-state index in [-0.39, 0.29) is 10.7 Å². The van der Waals surface area contributed by atoms with Crippen LogP contribution in [0.2, 0.25) is 0 Å². The number of benzene rings is 1. The van der Waals surface area contributed by atoms with Gasteiger partial charge in [0.1, 0.15) is 0 Å². The largest absolute Gasteiger partial charge is 0.324 e. The molecule has 1 heterocycles. The van der Waals surface area contributed by atoms with Gasteiger partial charge in [0.25, 0.3) is 0 Å². The van der Waals surface area contributed by atoms with Crippen LogP contribution in [0.4, 0.5) is 5.95 Å². The molecule has 0 aliphatic heterocycles. The molecule has 0 saturated carbocycles. The zero-order chi connectivity index (χ0) is 13.2. The smallest absolute Gasteiger partial charge is 0.236 e. The lowest BCUT2D eigenvalue weighted by Crippen LogP contribution is -2.19. The first kappa shape index (κ1) is 13.0. The lowest BCUT2D eigenvalue weighted by atomic mass is 10.3. The molecule has 2 aromatic rings. The summed E-state index contributed by atoms with van der Waals surface area (Å²) in [5.74, 6) is 0.908. The number of carbonyl (C=O) groups excluding carboxylic acids is 1.